The molecule has 39 heavy (non-hydrogen) atoms. The third-order valence-electron chi connectivity index (χ3n) is 7.42. The molecule has 2 heterocycles. The standard InChI is InChI=1S/C30H36N6O2.ClH/c1-19(2)16-25(31)26(37)17-20-8-12-22(13-9-20)36-30-27(29(32)33-18-34-30)28(35-36)21-10-14-24(15-11-21)38-23-6-4-3-5-7-23;/h3-7,10-11,14-15,18-20,22,25H,8-9,12-13,16-17,31H2,1-2H3,(H2,32,33,34);1H/t20?,22?,25-;/m0./s1. The maximum Gasteiger partial charge on any atom is 0.164 e. The minimum Gasteiger partial charge on any atom is -0.457 e. The van der Waals surface area contributed by atoms with Crippen molar-refractivity contribution in [1.82, 2.24) is 19.7 Å². The third-order valence-corrected chi connectivity index (χ3v) is 7.42. The van der Waals surface area contributed by atoms with Crippen molar-refractivity contribution < 1.29 is 9.53 Å². The zero-order valence-corrected chi connectivity index (χ0v) is 23.3. The van der Waals surface area contributed by atoms with Crippen LogP contribution in [0, 0.1) is 11.8 Å². The summed E-state index contributed by atoms with van der Waals surface area (Å²) in [5.74, 6) is 2.93. The van der Waals surface area contributed by atoms with Gasteiger partial charge in [-0.3, -0.25) is 4.79 Å². The molecule has 4 N–H and O–H groups in total. The Kier molecular flexibility index (Phi) is 9.20. The van der Waals surface area contributed by atoms with E-state index in [1.807, 2.05) is 59.3 Å². The lowest BCUT2D eigenvalue weighted by Crippen LogP contribution is -2.34. The van der Waals surface area contributed by atoms with E-state index in [9.17, 15) is 4.79 Å². The summed E-state index contributed by atoms with van der Waals surface area (Å²) in [4.78, 5) is 21.4. The van der Waals surface area contributed by atoms with Crippen LogP contribution in [-0.4, -0.2) is 31.6 Å². The van der Waals surface area contributed by atoms with Gasteiger partial charge in [0.1, 0.15) is 35.1 Å². The molecule has 1 atom stereocenters. The maximum absolute atomic E-state index is 12.6. The fourth-order valence-electron chi connectivity index (χ4n) is 5.43. The molecule has 9 heteroatoms. The molecule has 1 saturated carbocycles. The van der Waals surface area contributed by atoms with Crippen LogP contribution in [0.5, 0.6) is 11.5 Å². The number of hydrogen-bond acceptors (Lipinski definition) is 7. The van der Waals surface area contributed by atoms with Crippen molar-refractivity contribution in [3.63, 3.8) is 0 Å². The molecule has 1 aliphatic carbocycles. The number of halogens is 1. The molecule has 0 aliphatic heterocycles. The number of ether oxygens (including phenoxy) is 1. The van der Waals surface area contributed by atoms with E-state index >= 15 is 0 Å². The quantitative estimate of drug-likeness (QED) is 0.250. The number of carbonyl (C=O) groups is 1. The van der Waals surface area contributed by atoms with Gasteiger partial charge in [-0.05, 0) is 80.3 Å². The van der Waals surface area contributed by atoms with Crippen LogP contribution in [0.1, 0.15) is 58.4 Å². The molecule has 0 amide bonds. The van der Waals surface area contributed by atoms with Gasteiger partial charge in [0.2, 0.25) is 0 Å². The molecule has 1 aliphatic rings. The summed E-state index contributed by atoms with van der Waals surface area (Å²) in [5, 5.41) is 5.78. The lowest BCUT2D eigenvalue weighted by atomic mass is 9.82. The smallest absolute Gasteiger partial charge is 0.164 e. The first-order valence-electron chi connectivity index (χ1n) is 13.5. The van der Waals surface area contributed by atoms with Gasteiger partial charge in [0.05, 0.1) is 17.5 Å². The van der Waals surface area contributed by atoms with E-state index in [-0.39, 0.29) is 30.3 Å². The van der Waals surface area contributed by atoms with Gasteiger partial charge in [0.25, 0.3) is 0 Å². The molecule has 8 nitrogen and oxygen atoms in total. The van der Waals surface area contributed by atoms with Crippen LogP contribution in [0.2, 0.25) is 0 Å². The summed E-state index contributed by atoms with van der Waals surface area (Å²) in [6.07, 6.45) is 6.61. The SMILES string of the molecule is CC(C)C[C@H](N)C(=O)CC1CCC(n2nc(-c3ccc(Oc4ccccc4)cc3)c3c(N)ncnc32)CC1.Cl. The Labute approximate surface area is 235 Å². The summed E-state index contributed by atoms with van der Waals surface area (Å²) in [6.45, 7) is 4.20. The maximum atomic E-state index is 12.6. The highest BCUT2D eigenvalue weighted by Gasteiger charge is 2.29. The highest BCUT2D eigenvalue weighted by Crippen LogP contribution is 2.38. The van der Waals surface area contributed by atoms with Gasteiger partial charge in [-0.15, -0.1) is 12.4 Å². The topological polar surface area (TPSA) is 122 Å². The number of para-hydroxylation sites is 1. The number of nitrogens with zero attached hydrogens (tertiary/aromatic N) is 4. The molecule has 206 valence electrons. The number of ketones is 1. The van der Waals surface area contributed by atoms with Gasteiger partial charge in [-0.1, -0.05) is 32.0 Å². The fraction of sp³-hybridized carbons (Fsp3) is 0.400. The van der Waals surface area contributed by atoms with Crippen LogP contribution in [0.25, 0.3) is 22.3 Å². The monoisotopic (exact) mass is 548 g/mol. The molecule has 0 spiro atoms. The van der Waals surface area contributed by atoms with Crippen LogP contribution < -0.4 is 16.2 Å². The Morgan fingerprint density at radius 1 is 1.00 bits per heavy atom. The fourth-order valence-corrected chi connectivity index (χ4v) is 5.43. The van der Waals surface area contributed by atoms with Crippen molar-refractivity contribution in [1.29, 1.82) is 0 Å². The lowest BCUT2D eigenvalue weighted by molar-refractivity contribution is -0.121. The minimum atomic E-state index is -0.352. The Morgan fingerprint density at radius 2 is 1.67 bits per heavy atom. The van der Waals surface area contributed by atoms with E-state index in [2.05, 4.69) is 23.8 Å². The van der Waals surface area contributed by atoms with Gasteiger partial charge >= 0.3 is 0 Å². The first-order chi connectivity index (χ1) is 18.4. The molecule has 0 bridgehead atoms. The van der Waals surface area contributed by atoms with Crippen LogP contribution in [0.3, 0.4) is 0 Å². The van der Waals surface area contributed by atoms with Crippen LogP contribution in [0.15, 0.2) is 60.9 Å². The average molecular weight is 549 g/mol. The summed E-state index contributed by atoms with van der Waals surface area (Å²) in [5.41, 5.74) is 14.9. The van der Waals surface area contributed by atoms with Crippen molar-refractivity contribution in [2.24, 2.45) is 17.6 Å². The highest BCUT2D eigenvalue weighted by atomic mass is 35.5. The molecule has 0 radical (unpaired) electrons. The van der Waals surface area contributed by atoms with Crippen LogP contribution >= 0.6 is 12.4 Å². The number of anilines is 1. The van der Waals surface area contributed by atoms with E-state index < -0.39 is 0 Å². The van der Waals surface area contributed by atoms with Gasteiger partial charge in [0.15, 0.2) is 5.65 Å². The zero-order chi connectivity index (χ0) is 26.6. The molecule has 5 rings (SSSR count). The number of fused-ring (bicyclic) bond motifs is 1. The predicted octanol–water partition coefficient (Wildman–Crippen LogP) is 6.35. The molecule has 1 fully saturated rings. The number of benzene rings is 2. The molecule has 4 aromatic rings. The average Bonchev–Trinajstić information content (AvgIpc) is 3.31. The van der Waals surface area contributed by atoms with Crippen molar-refractivity contribution in [2.45, 2.75) is 64.5 Å². The Hall–Kier alpha value is -3.49. The highest BCUT2D eigenvalue weighted by molar-refractivity contribution is 5.98. The van der Waals surface area contributed by atoms with Gasteiger partial charge in [-0.2, -0.15) is 5.10 Å². The molecule has 2 aromatic heterocycles. The van der Waals surface area contributed by atoms with E-state index in [0.29, 0.717) is 24.1 Å². The molecule has 0 saturated heterocycles. The number of nitrogen functional groups attached to an aromatic ring is 1. The predicted molar refractivity (Wildman–Crippen MR) is 157 cm³/mol. The largest absolute Gasteiger partial charge is 0.457 e. The van der Waals surface area contributed by atoms with Crippen molar-refractivity contribution >= 4 is 35.0 Å². The van der Waals surface area contributed by atoms with E-state index in [0.717, 1.165) is 65.9 Å². The van der Waals surface area contributed by atoms with Crippen LogP contribution in [0.4, 0.5) is 5.82 Å². The summed E-state index contributed by atoms with van der Waals surface area (Å²) >= 11 is 0. The lowest BCUT2D eigenvalue weighted by Gasteiger charge is -2.29. The Balaban J connectivity index is 0.00000353. The van der Waals surface area contributed by atoms with Crippen molar-refractivity contribution in [2.75, 3.05) is 5.73 Å². The first-order valence-corrected chi connectivity index (χ1v) is 13.5. The van der Waals surface area contributed by atoms with Gasteiger partial charge in [-0.25, -0.2) is 14.6 Å². The molecular formula is C30H37ClN6O2. The minimum absolute atomic E-state index is 0. The summed E-state index contributed by atoms with van der Waals surface area (Å²) < 4.78 is 7.96. The van der Waals surface area contributed by atoms with Gasteiger partial charge in [0, 0.05) is 12.0 Å². The molecule has 2 aromatic carbocycles. The number of aromatic nitrogens is 4. The summed E-state index contributed by atoms with van der Waals surface area (Å²) in [7, 11) is 0. The second-order valence-electron chi connectivity index (χ2n) is 10.8. The van der Waals surface area contributed by atoms with Crippen molar-refractivity contribution in [3.05, 3.63) is 60.9 Å². The zero-order valence-electron chi connectivity index (χ0n) is 22.5. The molecule has 0 unspecified atom stereocenters. The van der Waals surface area contributed by atoms with E-state index in [1.54, 1.807) is 0 Å². The Bertz CT molecular complexity index is 1380. The third kappa shape index (κ3) is 6.57. The number of nitrogens with two attached hydrogens (primary N) is 2. The normalized spacial score (nSPS) is 18.1. The van der Waals surface area contributed by atoms with E-state index in [1.165, 1.54) is 6.33 Å². The number of carbonyl (C=O) groups excluding carboxylic acids is 1. The second-order valence-corrected chi connectivity index (χ2v) is 10.8. The van der Waals surface area contributed by atoms with Gasteiger partial charge < -0.3 is 16.2 Å². The number of rotatable bonds is 9. The Morgan fingerprint density at radius 3 is 2.33 bits per heavy atom. The summed E-state index contributed by atoms with van der Waals surface area (Å²) in [6, 6.07) is 17.4. The number of Topliss-reactive ketones (excluding diaryl/α,β-unsaturated/α-hetero) is 1. The van der Waals surface area contributed by atoms with E-state index in [4.69, 9.17) is 21.3 Å². The first kappa shape index (κ1) is 28.5. The van der Waals surface area contributed by atoms with Crippen LogP contribution in [-0.2, 0) is 4.79 Å². The number of hydrogen-bond donors (Lipinski definition) is 2. The van der Waals surface area contributed by atoms with Crippen molar-refractivity contribution in [3.8, 4) is 22.8 Å². The second kappa shape index (κ2) is 12.6. The molecular weight excluding hydrogens is 512 g/mol.